The molecule has 0 aromatic carbocycles. The molecular formula is C15H29O2. The highest BCUT2D eigenvalue weighted by molar-refractivity contribution is 5.56. The second-order valence-electron chi connectivity index (χ2n) is 4.96. The van der Waals surface area contributed by atoms with Crippen molar-refractivity contribution in [3.8, 4) is 0 Å². The maximum absolute atomic E-state index is 10.0. The van der Waals surface area contributed by atoms with Crippen molar-refractivity contribution in [3.05, 3.63) is 0 Å². The number of carbonyl (C=O) groups excluding carboxylic acids is 1. The molecule has 1 atom stereocenters. The van der Waals surface area contributed by atoms with Crippen LogP contribution in [0.2, 0.25) is 0 Å². The summed E-state index contributed by atoms with van der Waals surface area (Å²) in [6, 6.07) is 0. The molecule has 101 valence electrons. The Morgan fingerprint density at radius 2 is 1.24 bits per heavy atom. The highest BCUT2D eigenvalue weighted by atomic mass is 16.3. The Hall–Kier alpha value is -0.370. The molecule has 0 aromatic heterocycles. The van der Waals surface area contributed by atoms with E-state index in [1.807, 2.05) is 0 Å². The molecule has 0 saturated heterocycles. The van der Waals surface area contributed by atoms with E-state index < -0.39 is 6.10 Å². The van der Waals surface area contributed by atoms with E-state index in [0.717, 1.165) is 12.8 Å². The van der Waals surface area contributed by atoms with Crippen LogP contribution in [0, 0.1) is 0 Å². The summed E-state index contributed by atoms with van der Waals surface area (Å²) >= 11 is 0. The summed E-state index contributed by atoms with van der Waals surface area (Å²) in [5.74, 6) is 0. The average molecular weight is 241 g/mol. The van der Waals surface area contributed by atoms with Gasteiger partial charge < -0.3 is 5.11 Å². The molecule has 2 nitrogen and oxygen atoms in total. The average Bonchev–Trinajstić information content (AvgIpc) is 2.35. The number of hydrogen-bond acceptors (Lipinski definition) is 2. The molecule has 17 heavy (non-hydrogen) atoms. The van der Waals surface area contributed by atoms with Crippen molar-refractivity contribution >= 4 is 6.29 Å². The summed E-state index contributed by atoms with van der Waals surface area (Å²) < 4.78 is 0. The van der Waals surface area contributed by atoms with Gasteiger partial charge in [0.1, 0.15) is 6.10 Å². The Labute approximate surface area is 107 Å². The topological polar surface area (TPSA) is 37.3 Å². The zero-order valence-electron chi connectivity index (χ0n) is 11.4. The third kappa shape index (κ3) is 13.6. The number of aliphatic hydroxyl groups is 1. The number of hydrogen-bond donors (Lipinski definition) is 1. The van der Waals surface area contributed by atoms with Gasteiger partial charge in [0.05, 0.1) is 0 Å². The van der Waals surface area contributed by atoms with Crippen LogP contribution in [-0.2, 0) is 4.79 Å². The van der Waals surface area contributed by atoms with Crippen LogP contribution in [-0.4, -0.2) is 17.5 Å². The first-order valence-corrected chi connectivity index (χ1v) is 7.37. The molecule has 0 saturated carbocycles. The molecule has 0 aliphatic carbocycles. The van der Waals surface area contributed by atoms with Crippen LogP contribution in [0.25, 0.3) is 0 Å². The fourth-order valence-electron chi connectivity index (χ4n) is 2.06. The summed E-state index contributed by atoms with van der Waals surface area (Å²) in [6.07, 6.45) is 15.6. The minimum Gasteiger partial charge on any atom is -0.385 e. The molecule has 2 heteroatoms. The molecule has 0 spiro atoms. The summed E-state index contributed by atoms with van der Waals surface area (Å²) in [4.78, 5) is 10.0. The normalized spacial score (nSPS) is 12.6. The third-order valence-corrected chi connectivity index (χ3v) is 3.22. The van der Waals surface area contributed by atoms with Crippen LogP contribution in [0.3, 0.4) is 0 Å². The molecule has 1 N–H and O–H groups in total. The van der Waals surface area contributed by atoms with Gasteiger partial charge in [0.15, 0.2) is 0 Å². The van der Waals surface area contributed by atoms with Crippen LogP contribution in [0.4, 0.5) is 0 Å². The van der Waals surface area contributed by atoms with E-state index in [1.54, 1.807) is 6.29 Å². The first-order chi connectivity index (χ1) is 8.31. The fourth-order valence-corrected chi connectivity index (χ4v) is 2.06. The summed E-state index contributed by atoms with van der Waals surface area (Å²) in [7, 11) is 0. The Balaban J connectivity index is 2.96. The Bertz CT molecular complexity index is 157. The van der Waals surface area contributed by atoms with Gasteiger partial charge in [-0.15, -0.1) is 0 Å². The third-order valence-electron chi connectivity index (χ3n) is 3.22. The molecule has 0 heterocycles. The monoisotopic (exact) mass is 241 g/mol. The van der Waals surface area contributed by atoms with Gasteiger partial charge in [-0.25, -0.2) is 0 Å². The molecule has 0 aromatic rings. The lowest BCUT2D eigenvalue weighted by Gasteiger charge is -2.03. The van der Waals surface area contributed by atoms with Gasteiger partial charge in [0.2, 0.25) is 6.29 Å². The smallest absolute Gasteiger partial charge is 0.229 e. The van der Waals surface area contributed by atoms with Gasteiger partial charge in [0.25, 0.3) is 0 Å². The molecule has 0 amide bonds. The zero-order chi connectivity index (χ0) is 12.8. The lowest BCUT2D eigenvalue weighted by atomic mass is 10.0. The zero-order valence-corrected chi connectivity index (χ0v) is 11.4. The summed E-state index contributed by atoms with van der Waals surface area (Å²) in [6.45, 7) is 2.25. The number of unbranched alkanes of at least 4 members (excludes halogenated alkanes) is 10. The summed E-state index contributed by atoms with van der Waals surface area (Å²) in [5, 5.41) is 8.98. The van der Waals surface area contributed by atoms with Crippen molar-refractivity contribution in [1.29, 1.82) is 0 Å². The van der Waals surface area contributed by atoms with E-state index in [2.05, 4.69) is 6.92 Å². The predicted octanol–water partition coefficient (Wildman–Crippen LogP) is 4.16. The second-order valence-corrected chi connectivity index (χ2v) is 4.96. The maximum atomic E-state index is 10.0. The van der Waals surface area contributed by atoms with Crippen LogP contribution in [0.5, 0.6) is 0 Å². The molecule has 0 rings (SSSR count). The van der Waals surface area contributed by atoms with Gasteiger partial charge in [0, 0.05) is 0 Å². The molecule has 1 radical (unpaired) electrons. The quantitative estimate of drug-likeness (QED) is 0.492. The van der Waals surface area contributed by atoms with Gasteiger partial charge in [-0.3, -0.25) is 4.79 Å². The minimum absolute atomic E-state index is 0.584. The van der Waals surface area contributed by atoms with E-state index in [1.165, 1.54) is 57.8 Å². The van der Waals surface area contributed by atoms with Gasteiger partial charge in [-0.05, 0) is 6.42 Å². The lowest BCUT2D eigenvalue weighted by Crippen LogP contribution is -2.06. The molecule has 0 aliphatic rings. The van der Waals surface area contributed by atoms with Crippen molar-refractivity contribution in [2.45, 2.75) is 90.1 Å². The van der Waals surface area contributed by atoms with E-state index >= 15 is 0 Å². The number of rotatable bonds is 13. The van der Waals surface area contributed by atoms with Crippen molar-refractivity contribution in [2.75, 3.05) is 0 Å². The first kappa shape index (κ1) is 16.6. The molecular weight excluding hydrogens is 212 g/mol. The Morgan fingerprint density at radius 3 is 1.65 bits per heavy atom. The minimum atomic E-state index is -0.853. The van der Waals surface area contributed by atoms with Crippen molar-refractivity contribution < 1.29 is 9.90 Å². The second kappa shape index (κ2) is 13.7. The van der Waals surface area contributed by atoms with Gasteiger partial charge in [-0.2, -0.15) is 0 Å². The number of aliphatic hydroxyl groups excluding tert-OH is 1. The van der Waals surface area contributed by atoms with Crippen molar-refractivity contribution in [2.24, 2.45) is 0 Å². The van der Waals surface area contributed by atoms with Gasteiger partial charge in [-0.1, -0.05) is 77.6 Å². The van der Waals surface area contributed by atoms with E-state index in [0.29, 0.717) is 6.42 Å². The molecule has 1 unspecified atom stereocenters. The largest absolute Gasteiger partial charge is 0.385 e. The fraction of sp³-hybridized carbons (Fsp3) is 0.933. The standard InChI is InChI=1S/C15H29O2/c1-2-3-4-5-6-7-8-9-10-11-12-13-15(17)14-16/h15,17H,2-13H2,1H3. The van der Waals surface area contributed by atoms with Gasteiger partial charge >= 0.3 is 0 Å². The van der Waals surface area contributed by atoms with Crippen LogP contribution in [0.15, 0.2) is 0 Å². The maximum Gasteiger partial charge on any atom is 0.229 e. The Kier molecular flexibility index (Phi) is 13.4. The predicted molar refractivity (Wildman–Crippen MR) is 72.8 cm³/mol. The van der Waals surface area contributed by atoms with Crippen molar-refractivity contribution in [3.63, 3.8) is 0 Å². The Morgan fingerprint density at radius 1 is 0.824 bits per heavy atom. The summed E-state index contributed by atoms with van der Waals surface area (Å²) in [5.41, 5.74) is 0. The van der Waals surface area contributed by atoms with E-state index in [4.69, 9.17) is 5.11 Å². The van der Waals surface area contributed by atoms with Crippen LogP contribution >= 0.6 is 0 Å². The molecule has 0 bridgehead atoms. The van der Waals surface area contributed by atoms with Crippen molar-refractivity contribution in [1.82, 2.24) is 0 Å². The van der Waals surface area contributed by atoms with Crippen LogP contribution in [0.1, 0.15) is 84.0 Å². The molecule has 0 fully saturated rings. The highest BCUT2D eigenvalue weighted by Crippen LogP contribution is 2.12. The van der Waals surface area contributed by atoms with Crippen LogP contribution < -0.4 is 0 Å². The van der Waals surface area contributed by atoms with E-state index in [9.17, 15) is 4.79 Å². The van der Waals surface area contributed by atoms with E-state index in [-0.39, 0.29) is 0 Å². The first-order valence-electron chi connectivity index (χ1n) is 7.37. The highest BCUT2D eigenvalue weighted by Gasteiger charge is 2.01. The lowest BCUT2D eigenvalue weighted by molar-refractivity contribution is 0.219. The SMILES string of the molecule is CCCCCCCCCCCCCC(O)[C]=O. The molecule has 0 aliphatic heterocycles.